The summed E-state index contributed by atoms with van der Waals surface area (Å²) in [7, 11) is 4.64. The summed E-state index contributed by atoms with van der Waals surface area (Å²) in [6.07, 6.45) is 0. The summed E-state index contributed by atoms with van der Waals surface area (Å²) in [4.78, 5) is 12.6. The van der Waals surface area contributed by atoms with Crippen molar-refractivity contribution in [3.8, 4) is 28.6 Å². The van der Waals surface area contributed by atoms with Crippen molar-refractivity contribution < 1.29 is 18.6 Å². The fourth-order valence-corrected chi connectivity index (χ4v) is 2.90. The summed E-state index contributed by atoms with van der Waals surface area (Å²) in [6, 6.07) is 10.7. The largest absolute Gasteiger partial charge is 0.493 e. The van der Waals surface area contributed by atoms with E-state index in [1.165, 1.54) is 6.07 Å². The average molecular weight is 354 g/mol. The van der Waals surface area contributed by atoms with Crippen LogP contribution in [0.2, 0.25) is 0 Å². The highest BCUT2D eigenvalue weighted by Crippen LogP contribution is 2.41. The smallest absolute Gasteiger partial charge is 0.203 e. The van der Waals surface area contributed by atoms with Crippen LogP contribution in [-0.2, 0) is 0 Å². The Morgan fingerprint density at radius 3 is 2.08 bits per heavy atom. The molecule has 0 amide bonds. The van der Waals surface area contributed by atoms with Gasteiger partial charge >= 0.3 is 0 Å². The Morgan fingerprint density at radius 1 is 0.885 bits per heavy atom. The summed E-state index contributed by atoms with van der Waals surface area (Å²) in [5, 5.41) is 0.576. The third kappa shape index (κ3) is 3.12. The zero-order valence-corrected chi connectivity index (χ0v) is 15.6. The minimum Gasteiger partial charge on any atom is -0.493 e. The maximum absolute atomic E-state index is 12.6. The average Bonchev–Trinajstić information content (AvgIpc) is 2.66. The van der Waals surface area contributed by atoms with Gasteiger partial charge < -0.3 is 18.6 Å². The van der Waals surface area contributed by atoms with Crippen molar-refractivity contribution >= 4 is 11.0 Å². The van der Waals surface area contributed by atoms with Crippen molar-refractivity contribution in [2.45, 2.75) is 19.8 Å². The maximum atomic E-state index is 12.6. The molecule has 0 fully saturated rings. The van der Waals surface area contributed by atoms with Crippen LogP contribution >= 0.6 is 0 Å². The summed E-state index contributed by atoms with van der Waals surface area (Å²) < 4.78 is 22.1. The van der Waals surface area contributed by atoms with Gasteiger partial charge in [0.05, 0.1) is 26.7 Å². The van der Waals surface area contributed by atoms with Crippen molar-refractivity contribution in [2.75, 3.05) is 21.3 Å². The van der Waals surface area contributed by atoms with Gasteiger partial charge in [0.1, 0.15) is 11.3 Å². The summed E-state index contributed by atoms with van der Waals surface area (Å²) in [5.41, 5.74) is 2.24. The molecule has 2 aromatic carbocycles. The van der Waals surface area contributed by atoms with Crippen molar-refractivity contribution in [2.24, 2.45) is 0 Å². The van der Waals surface area contributed by atoms with E-state index in [9.17, 15) is 4.79 Å². The zero-order valence-electron chi connectivity index (χ0n) is 15.6. The molecule has 0 unspecified atom stereocenters. The molecule has 5 nitrogen and oxygen atoms in total. The molecule has 0 aliphatic carbocycles. The summed E-state index contributed by atoms with van der Waals surface area (Å²) in [6.45, 7) is 4.18. The first-order valence-corrected chi connectivity index (χ1v) is 8.36. The predicted octanol–water partition coefficient (Wildman–Crippen LogP) is 4.61. The van der Waals surface area contributed by atoms with E-state index >= 15 is 0 Å². The number of rotatable bonds is 5. The molecule has 0 bridgehead atoms. The fourth-order valence-electron chi connectivity index (χ4n) is 2.90. The predicted molar refractivity (Wildman–Crippen MR) is 102 cm³/mol. The third-order valence-electron chi connectivity index (χ3n) is 4.37. The summed E-state index contributed by atoms with van der Waals surface area (Å²) in [5.74, 6) is 2.27. The molecular weight excluding hydrogens is 332 g/mol. The van der Waals surface area contributed by atoms with Gasteiger partial charge in [-0.05, 0) is 35.7 Å². The molecule has 26 heavy (non-hydrogen) atoms. The first-order chi connectivity index (χ1) is 12.5. The molecule has 0 atom stereocenters. The van der Waals surface area contributed by atoms with E-state index in [4.69, 9.17) is 18.6 Å². The van der Waals surface area contributed by atoms with Gasteiger partial charge in [-0.1, -0.05) is 19.9 Å². The molecule has 3 rings (SSSR count). The van der Waals surface area contributed by atoms with Crippen LogP contribution in [-0.4, -0.2) is 21.3 Å². The maximum Gasteiger partial charge on any atom is 0.203 e. The molecular formula is C21H22O5. The lowest BCUT2D eigenvalue weighted by Gasteiger charge is -2.14. The second kappa shape index (κ2) is 7.12. The van der Waals surface area contributed by atoms with E-state index in [1.54, 1.807) is 33.5 Å². The van der Waals surface area contributed by atoms with Crippen molar-refractivity contribution in [1.82, 2.24) is 0 Å². The lowest BCUT2D eigenvalue weighted by Crippen LogP contribution is -2.02. The summed E-state index contributed by atoms with van der Waals surface area (Å²) >= 11 is 0. The Labute approximate surface area is 152 Å². The Bertz CT molecular complexity index is 976. The Morgan fingerprint density at radius 2 is 1.54 bits per heavy atom. The molecule has 0 aliphatic rings. The van der Waals surface area contributed by atoms with Gasteiger partial charge in [0.2, 0.25) is 5.75 Å². The van der Waals surface area contributed by atoms with Gasteiger partial charge in [-0.2, -0.15) is 0 Å². The van der Waals surface area contributed by atoms with Crippen LogP contribution in [0.4, 0.5) is 0 Å². The number of methoxy groups -OCH3 is 3. The number of hydrogen-bond acceptors (Lipinski definition) is 5. The minimum absolute atomic E-state index is 0.0856. The first-order valence-electron chi connectivity index (χ1n) is 8.36. The molecule has 3 aromatic rings. The van der Waals surface area contributed by atoms with Gasteiger partial charge in [-0.15, -0.1) is 0 Å². The molecule has 0 saturated heterocycles. The highest BCUT2D eigenvalue weighted by Gasteiger charge is 2.16. The van der Waals surface area contributed by atoms with Crippen LogP contribution in [0.15, 0.2) is 45.6 Å². The monoisotopic (exact) mass is 354 g/mol. The SMILES string of the molecule is COc1cc(-c2cc(=O)c3cc(C(C)C)ccc3o2)cc(OC)c1OC. The van der Waals surface area contributed by atoms with E-state index in [0.29, 0.717) is 45.5 Å². The molecule has 0 aliphatic heterocycles. The lowest BCUT2D eigenvalue weighted by molar-refractivity contribution is 0.324. The molecule has 0 N–H and O–H groups in total. The minimum atomic E-state index is -0.0856. The van der Waals surface area contributed by atoms with Gasteiger partial charge in [-0.3, -0.25) is 4.79 Å². The third-order valence-corrected chi connectivity index (χ3v) is 4.37. The number of ether oxygens (including phenoxy) is 3. The van der Waals surface area contributed by atoms with Crippen LogP contribution in [0.3, 0.4) is 0 Å². The quantitative estimate of drug-likeness (QED) is 0.670. The first kappa shape index (κ1) is 17.9. The van der Waals surface area contributed by atoms with Crippen LogP contribution < -0.4 is 19.6 Å². The van der Waals surface area contributed by atoms with Gasteiger partial charge in [0, 0.05) is 11.6 Å². The molecule has 0 radical (unpaired) electrons. The molecule has 5 heteroatoms. The fraction of sp³-hybridized carbons (Fsp3) is 0.286. The molecule has 136 valence electrons. The van der Waals surface area contributed by atoms with E-state index in [-0.39, 0.29) is 5.43 Å². The van der Waals surface area contributed by atoms with E-state index < -0.39 is 0 Å². The second-order valence-corrected chi connectivity index (χ2v) is 6.30. The zero-order chi connectivity index (χ0) is 18.8. The number of fused-ring (bicyclic) bond motifs is 1. The Hall–Kier alpha value is -2.95. The van der Waals surface area contributed by atoms with E-state index in [0.717, 1.165) is 5.56 Å². The van der Waals surface area contributed by atoms with Gasteiger partial charge in [0.25, 0.3) is 0 Å². The van der Waals surface area contributed by atoms with Crippen molar-refractivity contribution in [1.29, 1.82) is 0 Å². The lowest BCUT2D eigenvalue weighted by atomic mass is 10.0. The molecule has 1 aromatic heterocycles. The van der Waals surface area contributed by atoms with Crippen LogP contribution in [0.1, 0.15) is 25.3 Å². The Kier molecular flexibility index (Phi) is 4.89. The van der Waals surface area contributed by atoms with E-state index in [2.05, 4.69) is 13.8 Å². The highest BCUT2D eigenvalue weighted by molar-refractivity contribution is 5.80. The normalized spacial score (nSPS) is 11.0. The molecule has 1 heterocycles. The highest BCUT2D eigenvalue weighted by atomic mass is 16.5. The van der Waals surface area contributed by atoms with Crippen molar-refractivity contribution in [3.05, 3.63) is 52.2 Å². The van der Waals surface area contributed by atoms with E-state index in [1.807, 2.05) is 18.2 Å². The van der Waals surface area contributed by atoms with Crippen LogP contribution in [0.25, 0.3) is 22.3 Å². The number of hydrogen-bond donors (Lipinski definition) is 0. The topological polar surface area (TPSA) is 57.9 Å². The van der Waals surface area contributed by atoms with Gasteiger partial charge in [0.15, 0.2) is 16.9 Å². The second-order valence-electron chi connectivity index (χ2n) is 6.30. The van der Waals surface area contributed by atoms with Crippen LogP contribution in [0.5, 0.6) is 17.2 Å². The molecule has 0 spiro atoms. The van der Waals surface area contributed by atoms with Crippen LogP contribution in [0, 0.1) is 0 Å². The number of benzene rings is 2. The van der Waals surface area contributed by atoms with Crippen molar-refractivity contribution in [3.63, 3.8) is 0 Å². The van der Waals surface area contributed by atoms with Gasteiger partial charge in [-0.25, -0.2) is 0 Å². The standard InChI is InChI=1S/C21H22O5/c1-12(2)13-6-7-17-15(8-13)16(22)11-18(26-17)14-9-19(23-3)21(25-5)20(10-14)24-4/h6-12H,1-5H3. The molecule has 0 saturated carbocycles. The Balaban J connectivity index is 2.20.